The molecule has 1 aliphatic rings. The Morgan fingerprint density at radius 3 is 2.57 bits per heavy atom. The predicted molar refractivity (Wildman–Crippen MR) is 82.3 cm³/mol. The summed E-state index contributed by atoms with van der Waals surface area (Å²) < 4.78 is 23.6. The summed E-state index contributed by atoms with van der Waals surface area (Å²) in [6.45, 7) is 3.21. The molecule has 2 rings (SSSR count). The number of nitrogens with zero attached hydrogens (tertiary/aromatic N) is 1. The smallest absolute Gasteiger partial charge is 0.179 e. The molecule has 0 aromatic heterocycles. The highest BCUT2D eigenvalue weighted by Crippen LogP contribution is 2.41. The molecular formula is C15H22ClFN2O2. The normalized spacial score (nSPS) is 17.5. The maximum Gasteiger partial charge on any atom is 0.179 e. The fourth-order valence-electron chi connectivity index (χ4n) is 2.79. The van der Waals surface area contributed by atoms with Crippen molar-refractivity contribution in [1.29, 1.82) is 0 Å². The van der Waals surface area contributed by atoms with Gasteiger partial charge < -0.3 is 14.8 Å². The highest BCUT2D eigenvalue weighted by Gasteiger charge is 2.26. The van der Waals surface area contributed by atoms with Gasteiger partial charge in [-0.15, -0.1) is 0 Å². The number of piperazine rings is 1. The topological polar surface area (TPSA) is 33.7 Å². The molecular weight excluding hydrogens is 295 g/mol. The number of alkyl halides is 1. The Hall–Kier alpha value is -1.04. The Morgan fingerprint density at radius 2 is 2.00 bits per heavy atom. The lowest BCUT2D eigenvalue weighted by molar-refractivity contribution is 0.157. The lowest BCUT2D eigenvalue weighted by atomic mass is 10.0. The summed E-state index contributed by atoms with van der Waals surface area (Å²) in [5.74, 6) is 1.10. The molecule has 0 aliphatic carbocycles. The molecule has 0 amide bonds. The molecule has 0 unspecified atom stereocenters. The fraction of sp³-hybridized carbons (Fsp3) is 0.600. The summed E-state index contributed by atoms with van der Waals surface area (Å²) in [4.78, 5) is 2.27. The van der Waals surface area contributed by atoms with Crippen LogP contribution < -0.4 is 14.8 Å². The van der Waals surface area contributed by atoms with Crippen LogP contribution in [0.5, 0.6) is 11.5 Å². The van der Waals surface area contributed by atoms with Crippen molar-refractivity contribution in [2.75, 3.05) is 47.1 Å². The molecule has 21 heavy (non-hydrogen) atoms. The van der Waals surface area contributed by atoms with E-state index in [1.807, 2.05) is 12.1 Å². The van der Waals surface area contributed by atoms with Gasteiger partial charge in [-0.05, 0) is 18.1 Å². The van der Waals surface area contributed by atoms with Crippen molar-refractivity contribution >= 4 is 11.6 Å². The molecule has 118 valence electrons. The average molecular weight is 317 g/mol. The fourth-order valence-corrected chi connectivity index (χ4v) is 3.15. The van der Waals surface area contributed by atoms with E-state index < -0.39 is 0 Å². The van der Waals surface area contributed by atoms with Crippen LogP contribution in [0.4, 0.5) is 4.39 Å². The molecule has 1 aromatic carbocycles. The van der Waals surface area contributed by atoms with E-state index in [4.69, 9.17) is 21.1 Å². The lowest BCUT2D eigenvalue weighted by Gasteiger charge is -2.35. The van der Waals surface area contributed by atoms with Gasteiger partial charge in [-0.2, -0.15) is 0 Å². The van der Waals surface area contributed by atoms with Crippen molar-refractivity contribution in [1.82, 2.24) is 10.2 Å². The van der Waals surface area contributed by atoms with E-state index in [0.717, 1.165) is 31.7 Å². The van der Waals surface area contributed by atoms with Crippen molar-refractivity contribution in [3.8, 4) is 11.5 Å². The number of hydrogen-bond donors (Lipinski definition) is 1. The third-order valence-corrected chi connectivity index (χ3v) is 4.24. The van der Waals surface area contributed by atoms with Crippen LogP contribution in [0, 0.1) is 0 Å². The van der Waals surface area contributed by atoms with Crippen molar-refractivity contribution < 1.29 is 13.9 Å². The number of ether oxygens (including phenoxy) is 2. The van der Waals surface area contributed by atoms with Crippen molar-refractivity contribution in [2.45, 2.75) is 12.5 Å². The molecule has 0 saturated carbocycles. The molecule has 0 radical (unpaired) electrons. The van der Waals surface area contributed by atoms with Gasteiger partial charge in [-0.1, -0.05) is 17.7 Å². The molecule has 6 heteroatoms. The largest absolute Gasteiger partial charge is 0.493 e. The first kappa shape index (κ1) is 16.3. The number of rotatable bonds is 6. The minimum atomic E-state index is -0.376. The average Bonchev–Trinajstić information content (AvgIpc) is 2.53. The number of hydrogen-bond acceptors (Lipinski definition) is 4. The van der Waals surface area contributed by atoms with E-state index in [9.17, 15) is 4.39 Å². The van der Waals surface area contributed by atoms with E-state index >= 15 is 0 Å². The van der Waals surface area contributed by atoms with E-state index in [-0.39, 0.29) is 12.7 Å². The first-order chi connectivity index (χ1) is 10.2. The Balaban J connectivity index is 2.35. The van der Waals surface area contributed by atoms with Gasteiger partial charge in [0.05, 0.1) is 25.9 Å². The second-order valence-electron chi connectivity index (χ2n) is 4.98. The van der Waals surface area contributed by atoms with Gasteiger partial charge in [0.25, 0.3) is 0 Å². The Kier molecular flexibility index (Phi) is 6.08. The molecule has 0 spiro atoms. The molecule has 1 saturated heterocycles. The summed E-state index contributed by atoms with van der Waals surface area (Å²) in [5.41, 5.74) is 0.897. The van der Waals surface area contributed by atoms with Gasteiger partial charge in [0.2, 0.25) is 0 Å². The molecule has 4 nitrogen and oxygen atoms in total. The Labute approximate surface area is 130 Å². The second kappa shape index (κ2) is 7.82. The minimum absolute atomic E-state index is 0.0376. The van der Waals surface area contributed by atoms with Crippen LogP contribution in [0.25, 0.3) is 0 Å². The molecule has 0 bridgehead atoms. The van der Waals surface area contributed by atoms with E-state index in [2.05, 4.69) is 10.2 Å². The van der Waals surface area contributed by atoms with Gasteiger partial charge in [0.15, 0.2) is 11.5 Å². The zero-order chi connectivity index (χ0) is 15.2. The molecule has 1 fully saturated rings. The summed E-state index contributed by atoms with van der Waals surface area (Å²) in [5, 5.41) is 3.81. The number of halogens is 2. The molecule has 1 aliphatic heterocycles. The third-order valence-electron chi connectivity index (χ3n) is 3.85. The zero-order valence-electron chi connectivity index (χ0n) is 12.5. The van der Waals surface area contributed by atoms with Crippen LogP contribution in [0.15, 0.2) is 12.1 Å². The molecule has 1 atom stereocenters. The number of nitrogens with one attached hydrogen (secondary N) is 1. The minimum Gasteiger partial charge on any atom is -0.493 e. The highest BCUT2D eigenvalue weighted by molar-refractivity contribution is 6.33. The summed E-state index contributed by atoms with van der Waals surface area (Å²) >= 11 is 6.47. The Morgan fingerprint density at radius 1 is 1.29 bits per heavy atom. The number of methoxy groups -OCH3 is 2. The van der Waals surface area contributed by atoms with Crippen molar-refractivity contribution in [2.24, 2.45) is 0 Å². The van der Waals surface area contributed by atoms with Gasteiger partial charge in [-0.25, -0.2) is 0 Å². The molecule has 1 heterocycles. The van der Waals surface area contributed by atoms with Crippen LogP contribution in [-0.2, 0) is 0 Å². The second-order valence-corrected chi connectivity index (χ2v) is 5.36. The highest BCUT2D eigenvalue weighted by atomic mass is 35.5. The van der Waals surface area contributed by atoms with E-state index in [0.29, 0.717) is 22.9 Å². The monoisotopic (exact) mass is 316 g/mol. The van der Waals surface area contributed by atoms with Gasteiger partial charge in [0, 0.05) is 32.2 Å². The third kappa shape index (κ3) is 3.59. The van der Waals surface area contributed by atoms with Crippen LogP contribution >= 0.6 is 11.6 Å². The summed E-state index contributed by atoms with van der Waals surface area (Å²) in [6, 6.07) is 3.70. The van der Waals surface area contributed by atoms with Crippen LogP contribution in [0.1, 0.15) is 18.0 Å². The van der Waals surface area contributed by atoms with Crippen LogP contribution in [-0.4, -0.2) is 52.0 Å². The predicted octanol–water partition coefficient (Wildman–Crippen LogP) is 2.66. The molecule has 1 aromatic rings. The SMILES string of the molecule is COc1ccc([C@H](CCF)N2CCNCC2)c(Cl)c1OC. The van der Waals surface area contributed by atoms with Crippen molar-refractivity contribution in [3.05, 3.63) is 22.7 Å². The number of benzene rings is 1. The van der Waals surface area contributed by atoms with Gasteiger partial charge in [0.1, 0.15) is 0 Å². The first-order valence-corrected chi connectivity index (χ1v) is 7.51. The standard InChI is InChI=1S/C15H22ClFN2O2/c1-20-13-4-3-11(14(16)15(13)21-2)12(5-6-17)19-9-7-18-8-10-19/h3-4,12,18H,5-10H2,1-2H3/t12-/m0/s1. The van der Waals surface area contributed by atoms with Gasteiger partial charge >= 0.3 is 0 Å². The van der Waals surface area contributed by atoms with Crippen LogP contribution in [0.2, 0.25) is 5.02 Å². The van der Waals surface area contributed by atoms with Crippen molar-refractivity contribution in [3.63, 3.8) is 0 Å². The van der Waals surface area contributed by atoms with E-state index in [1.165, 1.54) is 0 Å². The quantitative estimate of drug-likeness (QED) is 0.875. The van der Waals surface area contributed by atoms with Crippen LogP contribution in [0.3, 0.4) is 0 Å². The zero-order valence-corrected chi connectivity index (χ0v) is 13.3. The molecule has 1 N–H and O–H groups in total. The first-order valence-electron chi connectivity index (χ1n) is 7.14. The lowest BCUT2D eigenvalue weighted by Crippen LogP contribution is -2.45. The maximum absolute atomic E-state index is 13.0. The Bertz CT molecular complexity index is 467. The van der Waals surface area contributed by atoms with E-state index in [1.54, 1.807) is 14.2 Å². The summed E-state index contributed by atoms with van der Waals surface area (Å²) in [7, 11) is 3.13. The maximum atomic E-state index is 13.0. The summed E-state index contributed by atoms with van der Waals surface area (Å²) in [6.07, 6.45) is 0.426. The van der Waals surface area contributed by atoms with Gasteiger partial charge in [-0.3, -0.25) is 9.29 Å².